The molecule has 0 aromatic heterocycles. The van der Waals surface area contributed by atoms with Crippen molar-refractivity contribution in [3.8, 4) is 11.5 Å². The van der Waals surface area contributed by atoms with Gasteiger partial charge in [0, 0.05) is 19.1 Å². The number of methoxy groups -OCH3 is 1. The third kappa shape index (κ3) is 4.47. The molecule has 5 atom stereocenters. The van der Waals surface area contributed by atoms with Gasteiger partial charge in [-0.3, -0.25) is 0 Å². The summed E-state index contributed by atoms with van der Waals surface area (Å²) in [6.45, 7) is 5.38. The Morgan fingerprint density at radius 2 is 1.85 bits per heavy atom. The zero-order chi connectivity index (χ0) is 23.7. The van der Waals surface area contributed by atoms with E-state index in [1.165, 1.54) is 48.8 Å². The molecule has 3 aliphatic carbocycles. The molecule has 2 aromatic carbocycles. The number of hydrogen-bond donors (Lipinski definition) is 1. The number of aryl methyl sites for hydroxylation is 1. The highest BCUT2D eigenvalue weighted by atomic mass is 16.5. The minimum Gasteiger partial charge on any atom is -0.493 e. The first-order valence-electron chi connectivity index (χ1n) is 13.2. The number of nitrogens with zero attached hydrogens (tertiary/aromatic N) is 1. The second-order valence-electron chi connectivity index (χ2n) is 11.3. The van der Waals surface area contributed by atoms with Crippen molar-refractivity contribution in [1.29, 1.82) is 0 Å². The predicted octanol–water partition coefficient (Wildman–Crippen LogP) is 5.65. The van der Waals surface area contributed by atoms with E-state index in [1.54, 1.807) is 7.11 Å². The number of likely N-dealkylation sites (N-methyl/N-ethyl adjacent to an activating group) is 1. The van der Waals surface area contributed by atoms with Gasteiger partial charge in [-0.05, 0) is 105 Å². The van der Waals surface area contributed by atoms with E-state index in [-0.39, 0.29) is 0 Å². The van der Waals surface area contributed by atoms with Crippen molar-refractivity contribution < 1.29 is 9.47 Å². The van der Waals surface area contributed by atoms with Gasteiger partial charge in [0.2, 0.25) is 0 Å². The lowest BCUT2D eigenvalue weighted by atomic mass is 9.55. The molecule has 1 N–H and O–H groups in total. The van der Waals surface area contributed by atoms with Gasteiger partial charge in [0.25, 0.3) is 0 Å². The molecule has 0 amide bonds. The molecular weight excluding hydrogens is 420 g/mol. The van der Waals surface area contributed by atoms with Crippen molar-refractivity contribution in [1.82, 2.24) is 10.2 Å². The first-order valence-corrected chi connectivity index (χ1v) is 13.2. The van der Waals surface area contributed by atoms with Crippen molar-refractivity contribution in [2.45, 2.75) is 64.0 Å². The zero-order valence-electron chi connectivity index (χ0n) is 21.5. The fourth-order valence-corrected chi connectivity index (χ4v) is 7.38. The van der Waals surface area contributed by atoms with E-state index in [1.807, 2.05) is 6.07 Å². The van der Waals surface area contributed by atoms with Crippen LogP contribution in [-0.4, -0.2) is 45.2 Å². The van der Waals surface area contributed by atoms with Crippen LogP contribution in [0, 0.1) is 17.3 Å². The zero-order valence-corrected chi connectivity index (χ0v) is 21.5. The van der Waals surface area contributed by atoms with Gasteiger partial charge in [-0.1, -0.05) is 37.3 Å². The van der Waals surface area contributed by atoms with Gasteiger partial charge in [0.15, 0.2) is 11.5 Å². The lowest BCUT2D eigenvalue weighted by molar-refractivity contribution is 0.0408. The highest BCUT2D eigenvalue weighted by Gasteiger charge is 2.54. The van der Waals surface area contributed by atoms with Gasteiger partial charge >= 0.3 is 0 Å². The molecular formula is C30H42N2O2. The molecule has 0 radical (unpaired) electrons. The molecule has 3 aliphatic rings. The SMILES string of the molecule is COc1cc2c(cc1OCc1ccccc1)CCC1C2CCC2(C)C(NCCN(C)C)CCC12. The lowest BCUT2D eigenvalue weighted by Gasteiger charge is -2.51. The quantitative estimate of drug-likeness (QED) is 0.550. The number of hydrogen-bond acceptors (Lipinski definition) is 4. The van der Waals surface area contributed by atoms with Crippen molar-refractivity contribution in [2.24, 2.45) is 17.3 Å². The van der Waals surface area contributed by atoms with Crippen LogP contribution in [0.4, 0.5) is 0 Å². The molecule has 5 unspecified atom stereocenters. The predicted molar refractivity (Wildman–Crippen MR) is 139 cm³/mol. The van der Waals surface area contributed by atoms with Crippen molar-refractivity contribution >= 4 is 0 Å². The molecule has 5 rings (SSSR count). The molecule has 2 aromatic rings. The van der Waals surface area contributed by atoms with Crippen LogP contribution in [0.25, 0.3) is 0 Å². The Morgan fingerprint density at radius 1 is 1.03 bits per heavy atom. The Morgan fingerprint density at radius 3 is 2.62 bits per heavy atom. The minimum atomic E-state index is 0.438. The first-order chi connectivity index (χ1) is 16.5. The molecule has 4 heteroatoms. The van der Waals surface area contributed by atoms with Crippen LogP contribution in [0.15, 0.2) is 42.5 Å². The number of nitrogens with one attached hydrogen (secondary N) is 1. The smallest absolute Gasteiger partial charge is 0.161 e. The fraction of sp³-hybridized carbons (Fsp3) is 0.600. The molecule has 2 fully saturated rings. The summed E-state index contributed by atoms with van der Waals surface area (Å²) in [5.74, 6) is 4.07. The van der Waals surface area contributed by atoms with Crippen LogP contribution in [0.1, 0.15) is 61.6 Å². The second kappa shape index (κ2) is 9.91. The highest BCUT2D eigenvalue weighted by Crippen LogP contribution is 2.61. The summed E-state index contributed by atoms with van der Waals surface area (Å²) in [5.41, 5.74) is 4.64. The molecule has 0 spiro atoms. The van der Waals surface area contributed by atoms with Gasteiger partial charge in [-0.25, -0.2) is 0 Å². The molecule has 0 aliphatic heterocycles. The van der Waals surface area contributed by atoms with Gasteiger partial charge < -0.3 is 19.7 Å². The van der Waals surface area contributed by atoms with Crippen LogP contribution in [-0.2, 0) is 13.0 Å². The van der Waals surface area contributed by atoms with E-state index in [9.17, 15) is 0 Å². The van der Waals surface area contributed by atoms with Gasteiger partial charge in [0.1, 0.15) is 6.61 Å². The summed E-state index contributed by atoms with van der Waals surface area (Å²) < 4.78 is 12.1. The summed E-state index contributed by atoms with van der Waals surface area (Å²) in [4.78, 5) is 2.28. The van der Waals surface area contributed by atoms with Crippen LogP contribution in [0.5, 0.6) is 11.5 Å². The third-order valence-electron chi connectivity index (χ3n) is 9.20. The number of rotatable bonds is 8. The van der Waals surface area contributed by atoms with Gasteiger partial charge in [-0.15, -0.1) is 0 Å². The second-order valence-corrected chi connectivity index (χ2v) is 11.3. The van der Waals surface area contributed by atoms with E-state index in [4.69, 9.17) is 9.47 Å². The molecule has 2 saturated carbocycles. The Balaban J connectivity index is 1.32. The van der Waals surface area contributed by atoms with Crippen LogP contribution < -0.4 is 14.8 Å². The van der Waals surface area contributed by atoms with E-state index in [0.717, 1.165) is 42.8 Å². The molecule has 0 saturated heterocycles. The standard InChI is InChI=1S/C30H42N2O2/c1-30-15-14-23-24(26(30)12-13-29(30)31-16-17-32(2)3)11-10-22-18-28(27(33-4)19-25(22)23)34-20-21-8-6-5-7-9-21/h5-9,18-19,23-24,26,29,31H,10-17,20H2,1-4H3. The van der Waals surface area contributed by atoms with Crippen LogP contribution in [0.2, 0.25) is 0 Å². The molecule has 184 valence electrons. The fourth-order valence-electron chi connectivity index (χ4n) is 7.38. The largest absolute Gasteiger partial charge is 0.493 e. The topological polar surface area (TPSA) is 33.7 Å². The van der Waals surface area contributed by atoms with E-state index < -0.39 is 0 Å². The maximum atomic E-state index is 6.23. The van der Waals surface area contributed by atoms with E-state index in [2.05, 4.69) is 67.6 Å². The Bertz CT molecular complexity index is 975. The highest BCUT2D eigenvalue weighted by molar-refractivity contribution is 5.50. The summed E-state index contributed by atoms with van der Waals surface area (Å²) in [7, 11) is 6.10. The summed E-state index contributed by atoms with van der Waals surface area (Å²) in [6, 6.07) is 15.6. The summed E-state index contributed by atoms with van der Waals surface area (Å²) in [6.07, 6.45) is 7.80. The van der Waals surface area contributed by atoms with Gasteiger partial charge in [-0.2, -0.15) is 0 Å². The third-order valence-corrected chi connectivity index (χ3v) is 9.20. The molecule has 4 nitrogen and oxygen atoms in total. The van der Waals surface area contributed by atoms with Crippen molar-refractivity contribution in [3.63, 3.8) is 0 Å². The maximum Gasteiger partial charge on any atom is 0.161 e. The number of fused-ring (bicyclic) bond motifs is 5. The van der Waals surface area contributed by atoms with Crippen LogP contribution >= 0.6 is 0 Å². The molecule has 0 heterocycles. The summed E-state index contributed by atoms with van der Waals surface area (Å²) >= 11 is 0. The Hall–Kier alpha value is -2.04. The molecule has 0 bridgehead atoms. The van der Waals surface area contributed by atoms with Crippen LogP contribution in [0.3, 0.4) is 0 Å². The van der Waals surface area contributed by atoms with E-state index >= 15 is 0 Å². The monoisotopic (exact) mass is 462 g/mol. The lowest BCUT2D eigenvalue weighted by Crippen LogP contribution is -2.49. The normalized spacial score (nSPS) is 29.9. The van der Waals surface area contributed by atoms with Crippen molar-refractivity contribution in [2.75, 3.05) is 34.3 Å². The Labute approximate surface area is 206 Å². The Kier molecular flexibility index (Phi) is 6.90. The maximum absolute atomic E-state index is 6.23. The molecule has 34 heavy (non-hydrogen) atoms. The average Bonchev–Trinajstić information content (AvgIpc) is 3.18. The minimum absolute atomic E-state index is 0.438. The number of benzene rings is 2. The van der Waals surface area contributed by atoms with Crippen molar-refractivity contribution in [3.05, 3.63) is 59.2 Å². The van der Waals surface area contributed by atoms with Gasteiger partial charge in [0.05, 0.1) is 7.11 Å². The van der Waals surface area contributed by atoms with E-state index in [0.29, 0.717) is 24.0 Å². The average molecular weight is 463 g/mol. The number of ether oxygens (including phenoxy) is 2. The summed E-state index contributed by atoms with van der Waals surface area (Å²) in [5, 5.41) is 3.94. The first kappa shape index (κ1) is 23.7.